The van der Waals surface area contributed by atoms with Crippen LogP contribution in [0.2, 0.25) is 0 Å². The summed E-state index contributed by atoms with van der Waals surface area (Å²) in [6.45, 7) is 4.49. The largest absolute Gasteiger partial charge is 0.374 e. The van der Waals surface area contributed by atoms with Crippen molar-refractivity contribution in [2.45, 2.75) is 40.4 Å². The van der Waals surface area contributed by atoms with E-state index < -0.39 is 4.93 Å². The highest BCUT2D eigenvalue weighted by Crippen LogP contribution is 2.77. The van der Waals surface area contributed by atoms with E-state index in [2.05, 4.69) is 19.9 Å². The summed E-state index contributed by atoms with van der Waals surface area (Å²) in [6.07, 6.45) is 5.38. The summed E-state index contributed by atoms with van der Waals surface area (Å²) in [4.78, 5) is -0.498. The van der Waals surface area contributed by atoms with Gasteiger partial charge in [-0.15, -0.1) is 23.5 Å². The molecule has 72 valence electrons. The molecule has 0 saturated carbocycles. The van der Waals surface area contributed by atoms with E-state index in [1.807, 2.05) is 17.8 Å². The van der Waals surface area contributed by atoms with E-state index in [0.717, 1.165) is 6.42 Å². The summed E-state index contributed by atoms with van der Waals surface area (Å²) in [7, 11) is 0. The van der Waals surface area contributed by atoms with Gasteiger partial charge in [-0.1, -0.05) is 19.9 Å². The molecule has 0 bridgehead atoms. The van der Waals surface area contributed by atoms with Crippen LogP contribution in [0.4, 0.5) is 0 Å². The van der Waals surface area contributed by atoms with Crippen LogP contribution in [0.5, 0.6) is 0 Å². The minimum Gasteiger partial charge on any atom is -0.374 e. The highest BCUT2D eigenvalue weighted by atomic mass is 32.2. The maximum atomic E-state index is 10.2. The van der Waals surface area contributed by atoms with Crippen molar-refractivity contribution >= 4 is 23.5 Å². The van der Waals surface area contributed by atoms with Gasteiger partial charge in [-0.3, -0.25) is 0 Å². The third-order valence-electron chi connectivity index (χ3n) is 3.11. The molecule has 1 aliphatic carbocycles. The first kappa shape index (κ1) is 8.69. The lowest BCUT2D eigenvalue weighted by molar-refractivity contribution is 0.171. The molecule has 3 aliphatic rings. The van der Waals surface area contributed by atoms with Crippen LogP contribution in [0.3, 0.4) is 0 Å². The van der Waals surface area contributed by atoms with Gasteiger partial charge in [0.15, 0.2) is 0 Å². The van der Waals surface area contributed by atoms with Crippen LogP contribution in [0.25, 0.3) is 0 Å². The van der Waals surface area contributed by atoms with Gasteiger partial charge in [-0.05, 0) is 18.4 Å². The van der Waals surface area contributed by atoms with Crippen molar-refractivity contribution < 1.29 is 5.11 Å². The van der Waals surface area contributed by atoms with Gasteiger partial charge in [0.2, 0.25) is 0 Å². The van der Waals surface area contributed by atoms with Crippen molar-refractivity contribution in [2.75, 3.05) is 0 Å². The van der Waals surface area contributed by atoms with E-state index in [4.69, 9.17) is 0 Å². The molecular formula is C10H14OS2. The molecular weight excluding hydrogens is 200 g/mol. The Morgan fingerprint density at radius 2 is 2.31 bits per heavy atom. The smallest absolute Gasteiger partial charge is 0.145 e. The number of rotatable bonds is 2. The minimum atomic E-state index is -0.498. The van der Waals surface area contributed by atoms with E-state index in [0.29, 0.717) is 16.4 Å². The van der Waals surface area contributed by atoms with Gasteiger partial charge >= 0.3 is 0 Å². The van der Waals surface area contributed by atoms with Crippen LogP contribution >= 0.6 is 23.5 Å². The number of hydrogen-bond donors (Lipinski definition) is 1. The second kappa shape index (κ2) is 2.31. The normalized spacial score (nSPS) is 56.0. The zero-order chi connectivity index (χ0) is 9.27. The van der Waals surface area contributed by atoms with Gasteiger partial charge in [0.05, 0.1) is 4.75 Å². The molecule has 0 aromatic heterocycles. The van der Waals surface area contributed by atoms with Gasteiger partial charge < -0.3 is 5.11 Å². The van der Waals surface area contributed by atoms with E-state index in [9.17, 15) is 5.11 Å². The molecule has 3 rings (SSSR count). The fourth-order valence-corrected chi connectivity index (χ4v) is 5.79. The van der Waals surface area contributed by atoms with Crippen LogP contribution in [0, 0.1) is 5.92 Å². The fraction of sp³-hybridized carbons (Fsp3) is 0.800. The van der Waals surface area contributed by atoms with Crippen LogP contribution in [0.15, 0.2) is 12.2 Å². The SMILES string of the molecule is CC(C)CC12SC1(O)C=CC1SC12. The third kappa shape index (κ3) is 1.01. The number of fused-ring (bicyclic) bond motifs is 3. The van der Waals surface area contributed by atoms with E-state index in [-0.39, 0.29) is 4.75 Å². The molecule has 3 heteroatoms. The molecule has 0 aromatic rings. The Kier molecular flexibility index (Phi) is 1.55. The van der Waals surface area contributed by atoms with Gasteiger partial charge in [0, 0.05) is 10.5 Å². The standard InChI is InChI=1S/C10H14OS2/c1-6(2)5-9-8-7(12-8)3-4-10(9,11)13-9/h3-4,6-8,11H,5H2,1-2H3. The van der Waals surface area contributed by atoms with Crippen molar-refractivity contribution in [3.05, 3.63) is 12.2 Å². The topological polar surface area (TPSA) is 20.2 Å². The molecule has 1 nitrogen and oxygen atoms in total. The lowest BCUT2D eigenvalue weighted by atomic mass is 9.85. The Balaban J connectivity index is 1.89. The van der Waals surface area contributed by atoms with Crippen molar-refractivity contribution in [3.8, 4) is 0 Å². The molecule has 2 heterocycles. The first-order valence-electron chi connectivity index (χ1n) is 4.85. The average Bonchev–Trinajstić information content (AvgIpc) is 2.81. The molecule has 4 unspecified atom stereocenters. The molecule has 1 N–H and O–H groups in total. The third-order valence-corrected chi connectivity index (χ3v) is 6.38. The summed E-state index contributed by atoms with van der Waals surface area (Å²) in [5.41, 5.74) is 0. The van der Waals surface area contributed by atoms with E-state index in [1.54, 1.807) is 11.8 Å². The Bertz CT molecular complexity index is 289. The number of thioether (sulfide) groups is 2. The van der Waals surface area contributed by atoms with Gasteiger partial charge in [-0.2, -0.15) is 0 Å². The molecule has 0 amide bonds. The Morgan fingerprint density at radius 1 is 1.54 bits per heavy atom. The first-order chi connectivity index (χ1) is 6.07. The lowest BCUT2D eigenvalue weighted by Gasteiger charge is -2.20. The molecule has 2 fully saturated rings. The highest BCUT2D eigenvalue weighted by molar-refractivity contribution is 8.14. The quantitative estimate of drug-likeness (QED) is 0.562. The summed E-state index contributed by atoms with van der Waals surface area (Å²) < 4.78 is 0.186. The highest BCUT2D eigenvalue weighted by Gasteiger charge is 2.77. The van der Waals surface area contributed by atoms with Crippen molar-refractivity contribution in [1.82, 2.24) is 0 Å². The Labute approximate surface area is 87.4 Å². The van der Waals surface area contributed by atoms with E-state index in [1.165, 1.54) is 0 Å². The lowest BCUT2D eigenvalue weighted by Crippen LogP contribution is -2.34. The summed E-state index contributed by atoms with van der Waals surface area (Å²) in [5, 5.41) is 11.6. The average molecular weight is 214 g/mol. The van der Waals surface area contributed by atoms with Gasteiger partial charge in [-0.25, -0.2) is 0 Å². The zero-order valence-electron chi connectivity index (χ0n) is 7.86. The predicted octanol–water partition coefficient (Wildman–Crippen LogP) is 2.26. The van der Waals surface area contributed by atoms with Gasteiger partial charge in [0.1, 0.15) is 4.93 Å². The van der Waals surface area contributed by atoms with Crippen LogP contribution < -0.4 is 0 Å². The summed E-state index contributed by atoms with van der Waals surface area (Å²) >= 11 is 3.80. The Morgan fingerprint density at radius 3 is 3.00 bits per heavy atom. The van der Waals surface area contributed by atoms with Crippen molar-refractivity contribution in [2.24, 2.45) is 5.92 Å². The minimum absolute atomic E-state index is 0.186. The van der Waals surface area contributed by atoms with Crippen molar-refractivity contribution in [1.29, 1.82) is 0 Å². The molecule has 2 saturated heterocycles. The monoisotopic (exact) mass is 214 g/mol. The molecule has 0 radical (unpaired) electrons. The molecule has 0 aromatic carbocycles. The molecule has 2 aliphatic heterocycles. The second-order valence-electron chi connectivity index (χ2n) is 4.67. The van der Waals surface area contributed by atoms with Crippen LogP contribution in [-0.4, -0.2) is 25.3 Å². The van der Waals surface area contributed by atoms with Crippen LogP contribution in [-0.2, 0) is 0 Å². The maximum Gasteiger partial charge on any atom is 0.145 e. The number of aliphatic hydroxyl groups is 1. The summed E-state index contributed by atoms with van der Waals surface area (Å²) in [5.74, 6) is 0.690. The van der Waals surface area contributed by atoms with Crippen molar-refractivity contribution in [3.63, 3.8) is 0 Å². The van der Waals surface area contributed by atoms with Crippen LogP contribution in [0.1, 0.15) is 20.3 Å². The predicted molar refractivity (Wildman–Crippen MR) is 59.0 cm³/mol. The Hall–Kier alpha value is 0.400. The molecule has 4 atom stereocenters. The first-order valence-corrected chi connectivity index (χ1v) is 6.61. The summed E-state index contributed by atoms with van der Waals surface area (Å²) in [6, 6.07) is 0. The molecule has 13 heavy (non-hydrogen) atoms. The zero-order valence-corrected chi connectivity index (χ0v) is 9.49. The van der Waals surface area contributed by atoms with Gasteiger partial charge in [0.25, 0.3) is 0 Å². The fourth-order valence-electron chi connectivity index (χ4n) is 2.47. The van der Waals surface area contributed by atoms with E-state index >= 15 is 0 Å². The number of hydrogen-bond acceptors (Lipinski definition) is 3. The maximum absolute atomic E-state index is 10.2. The molecule has 0 spiro atoms. The second-order valence-corrected chi connectivity index (χ2v) is 7.55.